The maximum absolute atomic E-state index is 6.13. The van der Waals surface area contributed by atoms with Crippen molar-refractivity contribution in [2.75, 3.05) is 17.2 Å². The fourth-order valence-corrected chi connectivity index (χ4v) is 2.32. The lowest BCUT2D eigenvalue weighted by atomic mass is 10.1. The summed E-state index contributed by atoms with van der Waals surface area (Å²) in [4.78, 5) is 2.26. The summed E-state index contributed by atoms with van der Waals surface area (Å²) in [6.45, 7) is 7.26. The normalized spacial score (nSPS) is 10.4. The average Bonchev–Trinajstić information content (AvgIpc) is 2.34. The van der Waals surface area contributed by atoms with Gasteiger partial charge in [0.25, 0.3) is 0 Å². The minimum atomic E-state index is 0.832. The minimum absolute atomic E-state index is 0.832. The van der Waals surface area contributed by atoms with Crippen LogP contribution in [0, 0.1) is 13.8 Å². The summed E-state index contributed by atoms with van der Waals surface area (Å²) in [5.74, 6) is 0. The van der Waals surface area contributed by atoms with Gasteiger partial charge < -0.3 is 10.6 Å². The molecule has 0 heterocycles. The van der Waals surface area contributed by atoms with Gasteiger partial charge in [-0.05, 0) is 50.1 Å². The van der Waals surface area contributed by atoms with Crippen LogP contribution in [0.5, 0.6) is 0 Å². The van der Waals surface area contributed by atoms with Gasteiger partial charge in [0.2, 0.25) is 0 Å². The number of nitrogen functional groups attached to an aromatic ring is 1. The molecular weight excluding hydrogens is 220 g/mol. The Kier molecular flexibility index (Phi) is 3.56. The quantitative estimate of drug-likeness (QED) is 0.820. The monoisotopic (exact) mass is 240 g/mol. The minimum Gasteiger partial charge on any atom is -0.397 e. The molecule has 0 aliphatic heterocycles. The van der Waals surface area contributed by atoms with Crippen molar-refractivity contribution in [3.05, 3.63) is 53.6 Å². The summed E-state index contributed by atoms with van der Waals surface area (Å²) in [6.07, 6.45) is 0. The predicted octanol–water partition coefficient (Wildman–Crippen LogP) is 4.04. The molecule has 0 amide bonds. The Balaban J connectivity index is 2.52. The van der Waals surface area contributed by atoms with E-state index in [1.807, 2.05) is 12.1 Å². The molecule has 0 aliphatic rings. The fourth-order valence-electron chi connectivity index (χ4n) is 2.32. The first-order valence-corrected chi connectivity index (χ1v) is 6.32. The topological polar surface area (TPSA) is 29.3 Å². The molecule has 0 aliphatic carbocycles. The Morgan fingerprint density at radius 1 is 1.06 bits per heavy atom. The smallest absolute Gasteiger partial charge is 0.0673 e. The van der Waals surface area contributed by atoms with Crippen molar-refractivity contribution in [1.29, 1.82) is 0 Å². The van der Waals surface area contributed by atoms with Crippen molar-refractivity contribution >= 4 is 17.1 Å². The Labute approximate surface area is 109 Å². The number of hydrogen-bond donors (Lipinski definition) is 1. The highest BCUT2D eigenvalue weighted by Gasteiger charge is 2.12. The molecule has 2 heteroatoms. The third-order valence-electron chi connectivity index (χ3n) is 3.17. The molecule has 0 radical (unpaired) electrons. The molecule has 2 aromatic carbocycles. The molecule has 2 nitrogen and oxygen atoms in total. The molecule has 2 rings (SSSR count). The van der Waals surface area contributed by atoms with Gasteiger partial charge in [0.05, 0.1) is 11.4 Å². The molecule has 18 heavy (non-hydrogen) atoms. The maximum atomic E-state index is 6.13. The molecule has 0 atom stereocenters. The highest BCUT2D eigenvalue weighted by atomic mass is 15.1. The zero-order valence-electron chi connectivity index (χ0n) is 11.3. The maximum Gasteiger partial charge on any atom is 0.0673 e. The van der Waals surface area contributed by atoms with Gasteiger partial charge in [0, 0.05) is 12.2 Å². The molecule has 0 unspecified atom stereocenters. The van der Waals surface area contributed by atoms with E-state index < -0.39 is 0 Å². The van der Waals surface area contributed by atoms with Gasteiger partial charge in [0.1, 0.15) is 0 Å². The first-order valence-electron chi connectivity index (χ1n) is 6.32. The van der Waals surface area contributed by atoms with Gasteiger partial charge in [-0.25, -0.2) is 0 Å². The van der Waals surface area contributed by atoms with E-state index in [4.69, 9.17) is 5.73 Å². The zero-order valence-corrected chi connectivity index (χ0v) is 11.3. The highest BCUT2D eigenvalue weighted by molar-refractivity contribution is 5.77. The molecule has 0 fully saturated rings. The molecule has 0 bridgehead atoms. The Hall–Kier alpha value is -1.96. The summed E-state index contributed by atoms with van der Waals surface area (Å²) in [5, 5.41) is 0. The van der Waals surface area contributed by atoms with Gasteiger partial charge in [0.15, 0.2) is 0 Å². The Morgan fingerprint density at radius 3 is 2.39 bits per heavy atom. The van der Waals surface area contributed by atoms with E-state index in [9.17, 15) is 0 Å². The van der Waals surface area contributed by atoms with Gasteiger partial charge in [-0.3, -0.25) is 0 Å². The van der Waals surface area contributed by atoms with Crippen LogP contribution in [0.4, 0.5) is 17.1 Å². The lowest BCUT2D eigenvalue weighted by Crippen LogP contribution is -2.18. The number of aryl methyl sites for hydroxylation is 2. The van der Waals surface area contributed by atoms with E-state index in [1.165, 1.54) is 16.8 Å². The largest absolute Gasteiger partial charge is 0.397 e. The predicted molar refractivity (Wildman–Crippen MR) is 79.5 cm³/mol. The summed E-state index contributed by atoms with van der Waals surface area (Å²) in [5.41, 5.74) is 11.7. The van der Waals surface area contributed by atoms with Crippen LogP contribution < -0.4 is 10.6 Å². The van der Waals surface area contributed by atoms with Crippen LogP contribution in [-0.2, 0) is 0 Å². The standard InChI is InChI=1S/C16H20N2/c1-4-18(14-9-5-7-12(2)11-14)16-13(3)8-6-10-15(16)17/h5-11H,4,17H2,1-3H3. The van der Waals surface area contributed by atoms with Gasteiger partial charge >= 0.3 is 0 Å². The van der Waals surface area contributed by atoms with Crippen molar-refractivity contribution in [2.45, 2.75) is 20.8 Å². The first kappa shape index (κ1) is 12.5. The second-order valence-electron chi connectivity index (χ2n) is 4.60. The number of nitrogens with two attached hydrogens (primary N) is 1. The number of nitrogens with zero attached hydrogens (tertiary/aromatic N) is 1. The van der Waals surface area contributed by atoms with Crippen LogP contribution in [-0.4, -0.2) is 6.54 Å². The summed E-state index contributed by atoms with van der Waals surface area (Å²) < 4.78 is 0. The molecular formula is C16H20N2. The van der Waals surface area contributed by atoms with Crippen molar-refractivity contribution in [1.82, 2.24) is 0 Å². The van der Waals surface area contributed by atoms with Gasteiger partial charge in [-0.2, -0.15) is 0 Å². The summed E-state index contributed by atoms with van der Waals surface area (Å²) >= 11 is 0. The van der Waals surface area contributed by atoms with Crippen LogP contribution >= 0.6 is 0 Å². The van der Waals surface area contributed by atoms with Crippen LogP contribution in [0.3, 0.4) is 0 Å². The van der Waals surface area contributed by atoms with Crippen LogP contribution in [0.2, 0.25) is 0 Å². The average molecular weight is 240 g/mol. The summed E-state index contributed by atoms with van der Waals surface area (Å²) in [6, 6.07) is 14.6. The van der Waals surface area contributed by atoms with Crippen LogP contribution in [0.1, 0.15) is 18.1 Å². The third kappa shape index (κ3) is 2.33. The SMILES string of the molecule is CCN(c1cccc(C)c1)c1c(C)cccc1N. The molecule has 0 spiro atoms. The van der Waals surface area contributed by atoms with E-state index in [0.29, 0.717) is 0 Å². The molecule has 2 aromatic rings. The molecule has 2 N–H and O–H groups in total. The van der Waals surface area contributed by atoms with Crippen molar-refractivity contribution in [3.8, 4) is 0 Å². The lowest BCUT2D eigenvalue weighted by molar-refractivity contribution is 1.02. The second-order valence-corrected chi connectivity index (χ2v) is 4.60. The Bertz CT molecular complexity index is 526. The van der Waals surface area contributed by atoms with Gasteiger partial charge in [-0.15, -0.1) is 0 Å². The Morgan fingerprint density at radius 2 is 1.78 bits per heavy atom. The van der Waals surface area contributed by atoms with Crippen molar-refractivity contribution < 1.29 is 0 Å². The van der Waals surface area contributed by atoms with E-state index in [2.05, 4.69) is 56.0 Å². The van der Waals surface area contributed by atoms with E-state index in [1.54, 1.807) is 0 Å². The zero-order chi connectivity index (χ0) is 13.1. The van der Waals surface area contributed by atoms with Gasteiger partial charge in [-0.1, -0.05) is 24.3 Å². The molecule has 0 saturated heterocycles. The number of rotatable bonds is 3. The van der Waals surface area contributed by atoms with E-state index >= 15 is 0 Å². The second kappa shape index (κ2) is 5.13. The number of anilines is 3. The van der Waals surface area contributed by atoms with E-state index in [-0.39, 0.29) is 0 Å². The van der Waals surface area contributed by atoms with Crippen molar-refractivity contribution in [3.63, 3.8) is 0 Å². The molecule has 94 valence electrons. The first-order chi connectivity index (χ1) is 8.63. The molecule has 0 aromatic heterocycles. The van der Waals surface area contributed by atoms with Crippen LogP contribution in [0.15, 0.2) is 42.5 Å². The summed E-state index contributed by atoms with van der Waals surface area (Å²) in [7, 11) is 0. The van der Waals surface area contributed by atoms with Crippen molar-refractivity contribution in [2.24, 2.45) is 0 Å². The number of hydrogen-bond acceptors (Lipinski definition) is 2. The van der Waals surface area contributed by atoms with E-state index in [0.717, 1.165) is 17.9 Å². The molecule has 0 saturated carbocycles. The number of benzene rings is 2. The highest BCUT2D eigenvalue weighted by Crippen LogP contribution is 2.33. The number of para-hydroxylation sites is 1. The lowest BCUT2D eigenvalue weighted by Gasteiger charge is -2.26. The fraction of sp³-hybridized carbons (Fsp3) is 0.250. The van der Waals surface area contributed by atoms with Crippen LogP contribution in [0.25, 0.3) is 0 Å². The third-order valence-corrected chi connectivity index (χ3v) is 3.17.